The van der Waals surface area contributed by atoms with Crippen molar-refractivity contribution in [3.8, 4) is 0 Å². The van der Waals surface area contributed by atoms with Crippen LogP contribution in [-0.2, 0) is 11.3 Å². The smallest absolute Gasteiger partial charge is 0.253 e. The van der Waals surface area contributed by atoms with Gasteiger partial charge in [0.25, 0.3) is 5.91 Å². The Kier molecular flexibility index (Phi) is 6.13. The summed E-state index contributed by atoms with van der Waals surface area (Å²) in [6.07, 6.45) is 1.97. The second kappa shape index (κ2) is 9.51. The number of carbonyl (C=O) groups is 1. The molecule has 33 heavy (non-hydrogen) atoms. The number of para-hydroxylation sites is 1. The average Bonchev–Trinajstić information content (AvgIpc) is 3.24. The molecule has 1 atom stereocenters. The van der Waals surface area contributed by atoms with Gasteiger partial charge in [0, 0.05) is 42.4 Å². The first-order valence-corrected chi connectivity index (χ1v) is 11.5. The number of nitrogens with one attached hydrogen (secondary N) is 1. The molecule has 2 heterocycles. The van der Waals surface area contributed by atoms with E-state index in [4.69, 9.17) is 4.74 Å². The molecule has 5 rings (SSSR count). The standard InChI is InChI=1S/C28H29N3O2/c1-21(23-11-13-24(14-12-23)30-15-17-33-18-16-30)29-28(32)26-20-31(19-22-7-3-2-4-8-22)27-10-6-5-9-25(26)27/h2-14,20-21H,15-19H2,1H3,(H,29,32). The molecule has 168 valence electrons. The van der Waals surface area contributed by atoms with Crippen molar-refractivity contribution in [2.75, 3.05) is 31.2 Å². The summed E-state index contributed by atoms with van der Waals surface area (Å²) < 4.78 is 7.60. The number of ether oxygens (including phenoxy) is 1. The number of hydrogen-bond donors (Lipinski definition) is 1. The summed E-state index contributed by atoms with van der Waals surface area (Å²) in [4.78, 5) is 15.6. The lowest BCUT2D eigenvalue weighted by molar-refractivity contribution is 0.0941. The summed E-state index contributed by atoms with van der Waals surface area (Å²) in [5, 5.41) is 4.17. The van der Waals surface area contributed by atoms with Crippen LogP contribution in [0, 0.1) is 0 Å². The number of anilines is 1. The van der Waals surface area contributed by atoms with Gasteiger partial charge in [-0.3, -0.25) is 4.79 Å². The van der Waals surface area contributed by atoms with E-state index in [1.54, 1.807) is 0 Å². The highest BCUT2D eigenvalue weighted by Gasteiger charge is 2.18. The fourth-order valence-corrected chi connectivity index (χ4v) is 4.49. The Morgan fingerprint density at radius 2 is 1.64 bits per heavy atom. The number of benzene rings is 3. The van der Waals surface area contributed by atoms with E-state index in [-0.39, 0.29) is 11.9 Å². The predicted molar refractivity (Wildman–Crippen MR) is 133 cm³/mol. The van der Waals surface area contributed by atoms with Gasteiger partial charge in [0.05, 0.1) is 24.8 Å². The number of amides is 1. The molecule has 1 saturated heterocycles. The number of aromatic nitrogens is 1. The minimum atomic E-state index is -0.0903. The molecule has 5 heteroatoms. The second-order valence-electron chi connectivity index (χ2n) is 8.56. The van der Waals surface area contributed by atoms with Crippen LogP contribution in [0.1, 0.15) is 34.5 Å². The summed E-state index contributed by atoms with van der Waals surface area (Å²) in [6.45, 7) is 6.13. The molecule has 5 nitrogen and oxygen atoms in total. The van der Waals surface area contributed by atoms with Crippen LogP contribution in [0.5, 0.6) is 0 Å². The van der Waals surface area contributed by atoms with Crippen molar-refractivity contribution in [3.05, 3.63) is 102 Å². The Labute approximate surface area is 194 Å². The number of nitrogens with zero attached hydrogens (tertiary/aromatic N) is 2. The van der Waals surface area contributed by atoms with E-state index in [0.29, 0.717) is 5.56 Å². The van der Waals surface area contributed by atoms with E-state index < -0.39 is 0 Å². The second-order valence-corrected chi connectivity index (χ2v) is 8.56. The van der Waals surface area contributed by atoms with Gasteiger partial charge in [-0.15, -0.1) is 0 Å². The first-order chi connectivity index (χ1) is 16.2. The van der Waals surface area contributed by atoms with E-state index in [1.807, 2.05) is 49.5 Å². The first-order valence-electron chi connectivity index (χ1n) is 11.5. The summed E-state index contributed by atoms with van der Waals surface area (Å²) >= 11 is 0. The maximum atomic E-state index is 13.3. The SMILES string of the molecule is CC(NC(=O)c1cn(Cc2ccccc2)c2ccccc12)c1ccc(N2CCOCC2)cc1. The van der Waals surface area contributed by atoms with Crippen LogP contribution in [0.2, 0.25) is 0 Å². The fraction of sp³-hybridized carbons (Fsp3) is 0.250. The van der Waals surface area contributed by atoms with Crippen LogP contribution in [0.25, 0.3) is 10.9 Å². The van der Waals surface area contributed by atoms with Crippen molar-refractivity contribution in [1.29, 1.82) is 0 Å². The molecule has 1 aliphatic heterocycles. The minimum absolute atomic E-state index is 0.0530. The topological polar surface area (TPSA) is 46.5 Å². The van der Waals surface area contributed by atoms with Gasteiger partial charge >= 0.3 is 0 Å². The number of rotatable bonds is 6. The Bertz CT molecular complexity index is 1230. The van der Waals surface area contributed by atoms with Crippen molar-refractivity contribution in [2.45, 2.75) is 19.5 Å². The van der Waals surface area contributed by atoms with Gasteiger partial charge in [-0.1, -0.05) is 60.7 Å². The molecular formula is C28H29N3O2. The molecule has 0 saturated carbocycles. The van der Waals surface area contributed by atoms with Crippen molar-refractivity contribution in [2.24, 2.45) is 0 Å². The van der Waals surface area contributed by atoms with E-state index in [9.17, 15) is 4.79 Å². The highest BCUT2D eigenvalue weighted by molar-refractivity contribution is 6.07. The van der Waals surface area contributed by atoms with E-state index >= 15 is 0 Å². The lowest BCUT2D eigenvalue weighted by atomic mass is 10.1. The maximum absolute atomic E-state index is 13.3. The van der Waals surface area contributed by atoms with Crippen LogP contribution in [0.3, 0.4) is 0 Å². The van der Waals surface area contributed by atoms with Crippen molar-refractivity contribution < 1.29 is 9.53 Å². The lowest BCUT2D eigenvalue weighted by Crippen LogP contribution is -2.36. The first kappa shape index (κ1) is 21.3. The summed E-state index contributed by atoms with van der Waals surface area (Å²) in [5.74, 6) is -0.0530. The average molecular weight is 440 g/mol. The molecule has 1 N–H and O–H groups in total. The molecule has 0 aliphatic carbocycles. The van der Waals surface area contributed by atoms with Gasteiger partial charge in [-0.25, -0.2) is 0 Å². The highest BCUT2D eigenvalue weighted by Crippen LogP contribution is 2.24. The molecule has 0 spiro atoms. The van der Waals surface area contributed by atoms with E-state index in [0.717, 1.165) is 49.3 Å². The summed E-state index contributed by atoms with van der Waals surface area (Å²) in [7, 11) is 0. The summed E-state index contributed by atoms with van der Waals surface area (Å²) in [6, 6.07) is 26.8. The molecule has 1 aromatic heterocycles. The van der Waals surface area contributed by atoms with Gasteiger partial charge < -0.3 is 19.5 Å². The Balaban J connectivity index is 1.33. The van der Waals surface area contributed by atoms with Gasteiger partial charge in [0.15, 0.2) is 0 Å². The van der Waals surface area contributed by atoms with Crippen LogP contribution in [0.15, 0.2) is 85.1 Å². The highest BCUT2D eigenvalue weighted by atomic mass is 16.5. The zero-order valence-corrected chi connectivity index (χ0v) is 18.9. The fourth-order valence-electron chi connectivity index (χ4n) is 4.49. The van der Waals surface area contributed by atoms with Crippen molar-refractivity contribution in [3.63, 3.8) is 0 Å². The third kappa shape index (κ3) is 4.64. The third-order valence-corrected chi connectivity index (χ3v) is 6.35. The number of morpholine rings is 1. The normalized spacial score (nSPS) is 14.9. The number of carbonyl (C=O) groups excluding carboxylic acids is 1. The lowest BCUT2D eigenvalue weighted by Gasteiger charge is -2.29. The molecule has 4 aromatic rings. The molecule has 0 radical (unpaired) electrons. The molecular weight excluding hydrogens is 410 g/mol. The quantitative estimate of drug-likeness (QED) is 0.459. The van der Waals surface area contributed by atoms with Gasteiger partial charge in [-0.05, 0) is 36.2 Å². The van der Waals surface area contributed by atoms with Gasteiger partial charge in [0.1, 0.15) is 0 Å². The zero-order chi connectivity index (χ0) is 22.6. The Hall–Kier alpha value is -3.57. The predicted octanol–water partition coefficient (Wildman–Crippen LogP) is 5.02. The maximum Gasteiger partial charge on any atom is 0.253 e. The number of fused-ring (bicyclic) bond motifs is 1. The minimum Gasteiger partial charge on any atom is -0.378 e. The number of hydrogen-bond acceptors (Lipinski definition) is 3. The van der Waals surface area contributed by atoms with Crippen molar-refractivity contribution >= 4 is 22.5 Å². The molecule has 1 fully saturated rings. The molecule has 1 amide bonds. The molecule has 1 aliphatic rings. The third-order valence-electron chi connectivity index (χ3n) is 6.35. The van der Waals surface area contributed by atoms with E-state index in [1.165, 1.54) is 11.3 Å². The monoisotopic (exact) mass is 439 g/mol. The Morgan fingerprint density at radius 3 is 2.39 bits per heavy atom. The van der Waals surface area contributed by atoms with Gasteiger partial charge in [-0.2, -0.15) is 0 Å². The molecule has 0 bridgehead atoms. The largest absolute Gasteiger partial charge is 0.378 e. The molecule has 1 unspecified atom stereocenters. The van der Waals surface area contributed by atoms with Crippen LogP contribution < -0.4 is 10.2 Å². The van der Waals surface area contributed by atoms with Crippen LogP contribution in [-0.4, -0.2) is 36.8 Å². The Morgan fingerprint density at radius 1 is 0.939 bits per heavy atom. The van der Waals surface area contributed by atoms with Crippen LogP contribution >= 0.6 is 0 Å². The van der Waals surface area contributed by atoms with Crippen LogP contribution in [0.4, 0.5) is 5.69 Å². The van der Waals surface area contributed by atoms with Crippen molar-refractivity contribution in [1.82, 2.24) is 9.88 Å². The van der Waals surface area contributed by atoms with E-state index in [2.05, 4.69) is 57.2 Å². The van der Waals surface area contributed by atoms with Gasteiger partial charge in [0.2, 0.25) is 0 Å². The molecule has 3 aromatic carbocycles. The zero-order valence-electron chi connectivity index (χ0n) is 18.9. The summed E-state index contributed by atoms with van der Waals surface area (Å²) in [5.41, 5.74) is 5.27.